The Morgan fingerprint density at radius 3 is 2.95 bits per heavy atom. The molecule has 6 heteroatoms. The maximum atomic E-state index is 4.53. The molecule has 0 aliphatic heterocycles. The predicted octanol–water partition coefficient (Wildman–Crippen LogP) is 3.33. The third kappa shape index (κ3) is 1.85. The van der Waals surface area contributed by atoms with E-state index < -0.39 is 0 Å². The third-order valence-corrected chi connectivity index (χ3v) is 3.47. The predicted molar refractivity (Wildman–Crippen MR) is 80.1 cm³/mol. The molecule has 96 valence electrons. The summed E-state index contributed by atoms with van der Waals surface area (Å²) >= 11 is 3.34. The average Bonchev–Trinajstić information content (AvgIpc) is 2.89. The lowest BCUT2D eigenvalue weighted by molar-refractivity contribution is 1.23. The summed E-state index contributed by atoms with van der Waals surface area (Å²) in [4.78, 5) is 20.7. The van der Waals surface area contributed by atoms with Crippen LogP contribution in [0, 0.1) is 0 Å². The number of nitrogens with one attached hydrogen (secondary N) is 1. The molecule has 0 aliphatic rings. The largest absolute Gasteiger partial charge is 0.335 e. The summed E-state index contributed by atoms with van der Waals surface area (Å²) in [6.45, 7) is 0. The summed E-state index contributed by atoms with van der Waals surface area (Å²) in [5.41, 5.74) is 3.21. The van der Waals surface area contributed by atoms with Gasteiger partial charge in [0.2, 0.25) is 0 Å². The Kier molecular flexibility index (Phi) is 2.50. The highest BCUT2D eigenvalue weighted by Gasteiger charge is 2.08. The molecule has 0 aliphatic carbocycles. The number of aromatic nitrogens is 5. The Balaban J connectivity index is 1.91. The van der Waals surface area contributed by atoms with E-state index in [2.05, 4.69) is 40.8 Å². The number of halogens is 1. The number of rotatable bonds is 1. The number of imidazole rings is 1. The highest BCUT2D eigenvalue weighted by atomic mass is 79.9. The molecule has 4 rings (SSSR count). The number of nitrogens with zero attached hydrogens (tertiary/aromatic N) is 4. The van der Waals surface area contributed by atoms with Crippen LogP contribution in [-0.2, 0) is 0 Å². The van der Waals surface area contributed by atoms with Crippen molar-refractivity contribution >= 4 is 38.0 Å². The zero-order valence-electron chi connectivity index (χ0n) is 10.2. The lowest BCUT2D eigenvalue weighted by atomic mass is 10.2. The molecule has 0 radical (unpaired) electrons. The first-order valence-corrected chi connectivity index (χ1v) is 6.82. The minimum Gasteiger partial charge on any atom is -0.335 e. The van der Waals surface area contributed by atoms with Gasteiger partial charge in [0.05, 0.1) is 17.2 Å². The molecule has 4 aromatic heterocycles. The first kappa shape index (κ1) is 11.5. The second-order valence-electron chi connectivity index (χ2n) is 4.36. The molecule has 0 fully saturated rings. The standard InChI is InChI=1S/C14H8BrN5/c15-12-6-10-11(7-17-12)20-14(19-10)9-4-3-8-2-1-5-16-13(8)18-9/h1-7H,(H,19,20). The summed E-state index contributed by atoms with van der Waals surface area (Å²) in [6, 6.07) is 9.68. The lowest BCUT2D eigenvalue weighted by Crippen LogP contribution is -1.88. The van der Waals surface area contributed by atoms with Gasteiger partial charge in [0, 0.05) is 11.6 Å². The van der Waals surface area contributed by atoms with Gasteiger partial charge in [0.1, 0.15) is 10.3 Å². The van der Waals surface area contributed by atoms with E-state index >= 15 is 0 Å². The van der Waals surface area contributed by atoms with Gasteiger partial charge in [-0.2, -0.15) is 0 Å². The molecule has 0 saturated carbocycles. The number of aromatic amines is 1. The monoisotopic (exact) mass is 325 g/mol. The molecule has 4 heterocycles. The van der Waals surface area contributed by atoms with E-state index in [1.54, 1.807) is 12.4 Å². The van der Waals surface area contributed by atoms with Crippen LogP contribution in [0.25, 0.3) is 33.6 Å². The van der Waals surface area contributed by atoms with Crippen LogP contribution in [0.3, 0.4) is 0 Å². The van der Waals surface area contributed by atoms with Crippen molar-refractivity contribution in [2.75, 3.05) is 0 Å². The molecule has 1 N–H and O–H groups in total. The number of H-pyrrole nitrogens is 1. The molecule has 0 bridgehead atoms. The number of pyridine rings is 3. The zero-order valence-corrected chi connectivity index (χ0v) is 11.8. The van der Waals surface area contributed by atoms with E-state index in [4.69, 9.17) is 0 Å². The maximum Gasteiger partial charge on any atom is 0.159 e. The van der Waals surface area contributed by atoms with Crippen molar-refractivity contribution in [2.45, 2.75) is 0 Å². The minimum absolute atomic E-state index is 0.713. The second kappa shape index (κ2) is 4.35. The van der Waals surface area contributed by atoms with Crippen molar-refractivity contribution in [3.63, 3.8) is 0 Å². The van der Waals surface area contributed by atoms with Crippen LogP contribution in [0.4, 0.5) is 0 Å². The smallest absolute Gasteiger partial charge is 0.159 e. The first-order chi connectivity index (χ1) is 9.79. The molecular weight excluding hydrogens is 318 g/mol. The molecule has 0 saturated heterocycles. The van der Waals surface area contributed by atoms with Crippen molar-refractivity contribution in [2.24, 2.45) is 0 Å². The fourth-order valence-electron chi connectivity index (χ4n) is 2.09. The van der Waals surface area contributed by atoms with Crippen LogP contribution in [-0.4, -0.2) is 24.9 Å². The average molecular weight is 326 g/mol. The van der Waals surface area contributed by atoms with Gasteiger partial charge in [0.25, 0.3) is 0 Å². The number of fused-ring (bicyclic) bond motifs is 2. The van der Waals surface area contributed by atoms with Gasteiger partial charge in [-0.05, 0) is 46.3 Å². The van der Waals surface area contributed by atoms with Crippen molar-refractivity contribution < 1.29 is 0 Å². The second-order valence-corrected chi connectivity index (χ2v) is 5.17. The van der Waals surface area contributed by atoms with E-state index in [0.29, 0.717) is 11.5 Å². The van der Waals surface area contributed by atoms with Crippen molar-refractivity contribution in [1.82, 2.24) is 24.9 Å². The molecule has 0 spiro atoms. The summed E-state index contributed by atoms with van der Waals surface area (Å²) in [7, 11) is 0. The normalized spacial score (nSPS) is 11.2. The number of hydrogen-bond donors (Lipinski definition) is 1. The Hall–Kier alpha value is -2.34. The van der Waals surface area contributed by atoms with E-state index in [1.807, 2.05) is 30.3 Å². The van der Waals surface area contributed by atoms with E-state index in [9.17, 15) is 0 Å². The molecule has 5 nitrogen and oxygen atoms in total. The van der Waals surface area contributed by atoms with Crippen LogP contribution in [0.5, 0.6) is 0 Å². The van der Waals surface area contributed by atoms with E-state index in [1.165, 1.54) is 0 Å². The minimum atomic E-state index is 0.713. The SMILES string of the molecule is Brc1cc2nc(-c3ccc4cccnc4n3)[nH]c2cn1. The molecule has 0 atom stereocenters. The van der Waals surface area contributed by atoms with Crippen LogP contribution in [0.2, 0.25) is 0 Å². The molecule has 0 amide bonds. The Labute approximate surface area is 122 Å². The Bertz CT molecular complexity index is 931. The van der Waals surface area contributed by atoms with Crippen LogP contribution < -0.4 is 0 Å². The summed E-state index contributed by atoms with van der Waals surface area (Å²) in [5.74, 6) is 0.715. The molecule has 0 unspecified atom stereocenters. The molecule has 4 aromatic rings. The third-order valence-electron chi connectivity index (χ3n) is 3.04. The summed E-state index contributed by atoms with van der Waals surface area (Å²) in [5, 5.41) is 1.01. The van der Waals surface area contributed by atoms with Gasteiger partial charge in [-0.25, -0.2) is 19.9 Å². The highest BCUT2D eigenvalue weighted by Crippen LogP contribution is 2.21. The molecular formula is C14H8BrN5. The highest BCUT2D eigenvalue weighted by molar-refractivity contribution is 9.10. The van der Waals surface area contributed by atoms with Crippen LogP contribution in [0.1, 0.15) is 0 Å². The summed E-state index contributed by atoms with van der Waals surface area (Å²) in [6.07, 6.45) is 3.48. The van der Waals surface area contributed by atoms with Gasteiger partial charge in [-0.3, -0.25) is 0 Å². The van der Waals surface area contributed by atoms with E-state index in [0.717, 1.165) is 26.7 Å². The topological polar surface area (TPSA) is 67.3 Å². The van der Waals surface area contributed by atoms with E-state index in [-0.39, 0.29) is 0 Å². The van der Waals surface area contributed by atoms with Gasteiger partial charge >= 0.3 is 0 Å². The molecule has 0 aromatic carbocycles. The van der Waals surface area contributed by atoms with Crippen LogP contribution >= 0.6 is 15.9 Å². The zero-order chi connectivity index (χ0) is 13.5. The lowest BCUT2D eigenvalue weighted by Gasteiger charge is -1.98. The van der Waals surface area contributed by atoms with Crippen molar-refractivity contribution in [1.29, 1.82) is 0 Å². The van der Waals surface area contributed by atoms with Crippen molar-refractivity contribution in [3.8, 4) is 11.5 Å². The van der Waals surface area contributed by atoms with Gasteiger partial charge in [-0.15, -0.1) is 0 Å². The molecule has 20 heavy (non-hydrogen) atoms. The fourth-order valence-corrected chi connectivity index (χ4v) is 2.41. The Morgan fingerprint density at radius 2 is 2.00 bits per heavy atom. The van der Waals surface area contributed by atoms with Gasteiger partial charge in [-0.1, -0.05) is 0 Å². The van der Waals surface area contributed by atoms with Crippen LogP contribution in [0.15, 0.2) is 47.3 Å². The quantitative estimate of drug-likeness (QED) is 0.545. The fraction of sp³-hybridized carbons (Fsp3) is 0. The van der Waals surface area contributed by atoms with Gasteiger partial charge in [0.15, 0.2) is 11.5 Å². The number of hydrogen-bond acceptors (Lipinski definition) is 4. The first-order valence-electron chi connectivity index (χ1n) is 6.03. The Morgan fingerprint density at radius 1 is 1.05 bits per heavy atom. The summed E-state index contributed by atoms with van der Waals surface area (Å²) < 4.78 is 0.760. The maximum absolute atomic E-state index is 4.53. The van der Waals surface area contributed by atoms with Gasteiger partial charge < -0.3 is 4.98 Å². The van der Waals surface area contributed by atoms with Crippen molar-refractivity contribution in [3.05, 3.63) is 47.3 Å².